The van der Waals surface area contributed by atoms with Gasteiger partial charge >= 0.3 is 0 Å². The number of aryl methyl sites for hydroxylation is 2. The number of hydrogen-bond donors (Lipinski definition) is 2. The van der Waals surface area contributed by atoms with Crippen molar-refractivity contribution in [3.05, 3.63) is 55.6 Å². The Bertz CT molecular complexity index is 948. The molecule has 0 aromatic heterocycles. The predicted octanol–water partition coefficient (Wildman–Crippen LogP) is 5.09. The van der Waals surface area contributed by atoms with Crippen molar-refractivity contribution in [3.8, 4) is 11.5 Å². The molecule has 6 heteroatoms. The van der Waals surface area contributed by atoms with E-state index in [0.717, 1.165) is 30.4 Å². The molecule has 4 nitrogen and oxygen atoms in total. The first-order chi connectivity index (χ1) is 12.3. The van der Waals surface area contributed by atoms with E-state index in [1.54, 1.807) is 6.07 Å². The third-order valence-electron chi connectivity index (χ3n) is 4.60. The van der Waals surface area contributed by atoms with Crippen LogP contribution in [-0.4, -0.2) is 21.8 Å². The highest BCUT2D eigenvalue weighted by Crippen LogP contribution is 2.48. The third-order valence-corrected chi connectivity index (χ3v) is 5.43. The summed E-state index contributed by atoms with van der Waals surface area (Å²) >= 11 is 11.8. The van der Waals surface area contributed by atoms with Gasteiger partial charge in [-0.15, -0.1) is 0 Å². The molecule has 0 fully saturated rings. The number of carbonyl (C=O) groups excluding carboxylic acids is 2. The van der Waals surface area contributed by atoms with E-state index in [1.807, 2.05) is 19.9 Å². The van der Waals surface area contributed by atoms with Gasteiger partial charge in [-0.05, 0) is 30.0 Å². The largest absolute Gasteiger partial charge is 0.506 e. The summed E-state index contributed by atoms with van der Waals surface area (Å²) in [5.74, 6) is -2.20. The Morgan fingerprint density at radius 2 is 1.35 bits per heavy atom. The standard InChI is InChI=1S/C20H18Cl2O4/c1-3-5-9-7-10(6-4-2)12-11(8-9)17(23)13-14(18(12)24)20(26)16(22)15(21)19(13)25/h7-8,25-26H,3-6H2,1-2H3. The van der Waals surface area contributed by atoms with Crippen LogP contribution in [0.25, 0.3) is 0 Å². The minimum Gasteiger partial charge on any atom is -0.506 e. The van der Waals surface area contributed by atoms with E-state index in [9.17, 15) is 19.8 Å². The van der Waals surface area contributed by atoms with Crippen molar-refractivity contribution in [2.45, 2.75) is 39.5 Å². The van der Waals surface area contributed by atoms with Crippen LogP contribution in [0.15, 0.2) is 12.1 Å². The number of ketones is 2. The fourth-order valence-corrected chi connectivity index (χ4v) is 3.85. The molecular formula is C20H18Cl2O4. The van der Waals surface area contributed by atoms with Gasteiger partial charge in [-0.25, -0.2) is 0 Å². The number of hydrogen-bond acceptors (Lipinski definition) is 4. The van der Waals surface area contributed by atoms with Crippen LogP contribution in [0.3, 0.4) is 0 Å². The quantitative estimate of drug-likeness (QED) is 0.606. The predicted molar refractivity (Wildman–Crippen MR) is 101 cm³/mol. The van der Waals surface area contributed by atoms with E-state index in [0.29, 0.717) is 6.42 Å². The Morgan fingerprint density at radius 3 is 1.88 bits per heavy atom. The summed E-state index contributed by atoms with van der Waals surface area (Å²) in [5, 5.41) is 19.9. The summed E-state index contributed by atoms with van der Waals surface area (Å²) in [4.78, 5) is 26.2. The van der Waals surface area contributed by atoms with E-state index in [1.165, 1.54) is 0 Å². The lowest BCUT2D eigenvalue weighted by atomic mass is 9.79. The average Bonchev–Trinajstić information content (AvgIpc) is 2.61. The monoisotopic (exact) mass is 392 g/mol. The summed E-state index contributed by atoms with van der Waals surface area (Å²) in [5.41, 5.74) is 1.67. The summed E-state index contributed by atoms with van der Waals surface area (Å²) < 4.78 is 0. The maximum atomic E-state index is 13.1. The first-order valence-electron chi connectivity index (χ1n) is 8.51. The minimum absolute atomic E-state index is 0.241. The molecule has 0 unspecified atom stereocenters. The highest BCUT2D eigenvalue weighted by Gasteiger charge is 2.38. The number of benzene rings is 2. The Balaban J connectivity index is 2.36. The topological polar surface area (TPSA) is 74.6 Å². The molecular weight excluding hydrogens is 375 g/mol. The van der Waals surface area contributed by atoms with Crippen molar-refractivity contribution in [2.75, 3.05) is 0 Å². The van der Waals surface area contributed by atoms with Gasteiger partial charge < -0.3 is 10.2 Å². The normalized spacial score (nSPS) is 12.9. The highest BCUT2D eigenvalue weighted by atomic mass is 35.5. The Labute approximate surface area is 161 Å². The molecule has 26 heavy (non-hydrogen) atoms. The van der Waals surface area contributed by atoms with E-state index in [-0.39, 0.29) is 32.3 Å². The molecule has 0 radical (unpaired) electrons. The Morgan fingerprint density at radius 1 is 0.808 bits per heavy atom. The molecule has 1 aliphatic rings. The van der Waals surface area contributed by atoms with Crippen LogP contribution in [0.4, 0.5) is 0 Å². The van der Waals surface area contributed by atoms with Crippen molar-refractivity contribution in [2.24, 2.45) is 0 Å². The summed E-state index contributed by atoms with van der Waals surface area (Å²) in [6, 6.07) is 3.64. The number of aromatic hydroxyl groups is 2. The second-order valence-electron chi connectivity index (χ2n) is 6.41. The summed E-state index contributed by atoms with van der Waals surface area (Å²) in [6.07, 6.45) is 3.10. The molecule has 0 aliphatic heterocycles. The SMILES string of the molecule is CCCc1cc(CCC)c2c(c1)C(=O)c1c(O)c(Cl)c(Cl)c(O)c1C2=O. The zero-order chi connectivity index (χ0) is 19.2. The number of fused-ring (bicyclic) bond motifs is 2. The van der Waals surface area contributed by atoms with Crippen LogP contribution in [-0.2, 0) is 12.8 Å². The molecule has 0 saturated heterocycles. The molecule has 0 atom stereocenters. The molecule has 0 saturated carbocycles. The van der Waals surface area contributed by atoms with Crippen LogP contribution in [0.2, 0.25) is 10.0 Å². The molecule has 0 amide bonds. The first-order valence-corrected chi connectivity index (χ1v) is 9.27. The molecule has 0 bridgehead atoms. The second kappa shape index (κ2) is 6.93. The zero-order valence-electron chi connectivity index (χ0n) is 14.4. The zero-order valence-corrected chi connectivity index (χ0v) is 16.0. The van der Waals surface area contributed by atoms with Crippen LogP contribution >= 0.6 is 23.2 Å². The van der Waals surface area contributed by atoms with E-state index in [4.69, 9.17) is 23.2 Å². The summed E-state index contributed by atoms with van der Waals surface area (Å²) in [6.45, 7) is 4.02. The van der Waals surface area contributed by atoms with Crippen LogP contribution in [0.1, 0.15) is 69.7 Å². The molecule has 0 spiro atoms. The Hall–Kier alpha value is -2.04. The van der Waals surface area contributed by atoms with E-state index >= 15 is 0 Å². The number of halogens is 2. The van der Waals surface area contributed by atoms with Gasteiger partial charge in [0.15, 0.2) is 11.6 Å². The fourth-order valence-electron chi connectivity index (χ4n) is 3.48. The average molecular weight is 393 g/mol. The van der Waals surface area contributed by atoms with Crippen LogP contribution in [0, 0.1) is 0 Å². The lowest BCUT2D eigenvalue weighted by Crippen LogP contribution is -2.24. The van der Waals surface area contributed by atoms with Gasteiger partial charge in [0, 0.05) is 11.1 Å². The van der Waals surface area contributed by atoms with Crippen LogP contribution < -0.4 is 0 Å². The smallest absolute Gasteiger partial charge is 0.198 e. The molecule has 2 aromatic rings. The van der Waals surface area contributed by atoms with Gasteiger partial charge in [0.05, 0.1) is 11.1 Å². The van der Waals surface area contributed by atoms with Crippen molar-refractivity contribution in [3.63, 3.8) is 0 Å². The van der Waals surface area contributed by atoms with Crippen molar-refractivity contribution in [1.29, 1.82) is 0 Å². The lowest BCUT2D eigenvalue weighted by Gasteiger charge is -2.24. The van der Waals surface area contributed by atoms with Gasteiger partial charge in [-0.2, -0.15) is 0 Å². The van der Waals surface area contributed by atoms with Gasteiger partial charge in [-0.1, -0.05) is 56.0 Å². The maximum Gasteiger partial charge on any atom is 0.198 e. The summed E-state index contributed by atoms with van der Waals surface area (Å²) in [7, 11) is 0. The van der Waals surface area contributed by atoms with Crippen LogP contribution in [0.5, 0.6) is 11.5 Å². The minimum atomic E-state index is -0.577. The first kappa shape index (κ1) is 18.7. The van der Waals surface area contributed by atoms with Crippen molar-refractivity contribution < 1.29 is 19.8 Å². The number of carbonyl (C=O) groups is 2. The van der Waals surface area contributed by atoms with Gasteiger partial charge in [0.2, 0.25) is 0 Å². The van der Waals surface area contributed by atoms with E-state index in [2.05, 4.69) is 0 Å². The maximum absolute atomic E-state index is 13.1. The van der Waals surface area contributed by atoms with Gasteiger partial charge in [0.1, 0.15) is 21.5 Å². The van der Waals surface area contributed by atoms with E-state index < -0.39 is 23.1 Å². The molecule has 2 aromatic carbocycles. The third kappa shape index (κ3) is 2.68. The molecule has 2 N–H and O–H groups in total. The Kier molecular flexibility index (Phi) is 5.00. The number of rotatable bonds is 4. The highest BCUT2D eigenvalue weighted by molar-refractivity contribution is 6.46. The van der Waals surface area contributed by atoms with Crippen molar-refractivity contribution >= 4 is 34.8 Å². The molecule has 0 heterocycles. The van der Waals surface area contributed by atoms with Gasteiger partial charge in [-0.3, -0.25) is 9.59 Å². The molecule has 136 valence electrons. The number of phenols is 2. The lowest BCUT2D eigenvalue weighted by molar-refractivity contribution is 0.0973. The van der Waals surface area contributed by atoms with Gasteiger partial charge in [0.25, 0.3) is 0 Å². The molecule has 3 rings (SSSR count). The molecule has 1 aliphatic carbocycles. The van der Waals surface area contributed by atoms with Crippen molar-refractivity contribution in [1.82, 2.24) is 0 Å². The fraction of sp³-hybridized carbons (Fsp3) is 0.300. The number of phenolic OH excluding ortho intramolecular Hbond substituents is 2. The second-order valence-corrected chi connectivity index (χ2v) is 7.17.